The summed E-state index contributed by atoms with van der Waals surface area (Å²) in [5.74, 6) is -0.808. The van der Waals surface area contributed by atoms with Crippen molar-refractivity contribution in [2.75, 3.05) is 47.5 Å². The SMILES string of the molecule is CC/C=C\C/C=C\C/C=C\C/C=C\C/C=C\CCCCCCCCCCCCCCCCCCCC(=O)OC(COC(=O)CCCCCCC/C=C\CCC)COP(=O)(O)OCC[N+](C)(C)C. The van der Waals surface area contributed by atoms with E-state index in [2.05, 4.69) is 86.8 Å². The van der Waals surface area contributed by atoms with Gasteiger partial charge in [0, 0.05) is 12.8 Å². The minimum absolute atomic E-state index is 0.0293. The Morgan fingerprint density at radius 1 is 0.478 bits per heavy atom. The van der Waals surface area contributed by atoms with E-state index < -0.39 is 26.5 Å². The van der Waals surface area contributed by atoms with Crippen molar-refractivity contribution in [1.82, 2.24) is 0 Å². The minimum Gasteiger partial charge on any atom is -0.462 e. The van der Waals surface area contributed by atoms with Crippen LogP contribution in [0.5, 0.6) is 0 Å². The number of carbonyl (C=O) groups is 2. The van der Waals surface area contributed by atoms with E-state index in [4.69, 9.17) is 18.5 Å². The molecule has 0 heterocycles. The Morgan fingerprint density at radius 3 is 1.28 bits per heavy atom. The Bertz CT molecular complexity index is 1360. The van der Waals surface area contributed by atoms with E-state index in [0.29, 0.717) is 17.4 Å². The van der Waals surface area contributed by atoms with Crippen molar-refractivity contribution < 1.29 is 42.1 Å². The maximum atomic E-state index is 12.8. The largest absolute Gasteiger partial charge is 0.472 e. The molecule has 2 atom stereocenters. The average molecular weight is 961 g/mol. The van der Waals surface area contributed by atoms with Crippen LogP contribution in [0.15, 0.2) is 72.9 Å². The molecule has 0 spiro atoms. The highest BCUT2D eigenvalue weighted by molar-refractivity contribution is 7.47. The van der Waals surface area contributed by atoms with E-state index in [1.807, 2.05) is 21.1 Å². The van der Waals surface area contributed by atoms with Gasteiger partial charge in [0.2, 0.25) is 0 Å². The van der Waals surface area contributed by atoms with Gasteiger partial charge in [-0.05, 0) is 77.0 Å². The molecule has 0 rings (SSSR count). The van der Waals surface area contributed by atoms with Crippen molar-refractivity contribution >= 4 is 19.8 Å². The summed E-state index contributed by atoms with van der Waals surface area (Å²) >= 11 is 0. The van der Waals surface area contributed by atoms with Crippen LogP contribution in [-0.4, -0.2) is 74.9 Å². The number of allylic oxidation sites excluding steroid dienone is 12. The quantitative estimate of drug-likeness (QED) is 0.0211. The number of carbonyl (C=O) groups excluding carboxylic acids is 2. The average Bonchev–Trinajstić information content (AvgIpc) is 3.29. The summed E-state index contributed by atoms with van der Waals surface area (Å²) in [5.41, 5.74) is 0. The number of unbranched alkanes of at least 4 members (excludes halogenated alkanes) is 23. The van der Waals surface area contributed by atoms with Crippen molar-refractivity contribution in [2.24, 2.45) is 0 Å². The highest BCUT2D eigenvalue weighted by Gasteiger charge is 2.27. The lowest BCUT2D eigenvalue weighted by atomic mass is 10.0. The van der Waals surface area contributed by atoms with E-state index in [1.54, 1.807) is 0 Å². The summed E-state index contributed by atoms with van der Waals surface area (Å²) in [7, 11) is 1.47. The highest BCUT2D eigenvalue weighted by atomic mass is 31.2. The van der Waals surface area contributed by atoms with Gasteiger partial charge in [-0.1, -0.05) is 209 Å². The van der Waals surface area contributed by atoms with Crippen molar-refractivity contribution in [2.45, 2.75) is 232 Å². The van der Waals surface area contributed by atoms with E-state index in [9.17, 15) is 19.0 Å². The molecule has 0 radical (unpaired) electrons. The smallest absolute Gasteiger partial charge is 0.462 e. The number of esters is 2. The molecule has 0 bridgehead atoms. The minimum atomic E-state index is -4.38. The third-order valence-electron chi connectivity index (χ3n) is 11.5. The van der Waals surface area contributed by atoms with Gasteiger partial charge in [-0.15, -0.1) is 0 Å². The maximum Gasteiger partial charge on any atom is 0.472 e. The number of quaternary nitrogens is 1. The molecule has 1 N–H and O–H groups in total. The zero-order valence-corrected chi connectivity index (χ0v) is 44.8. The first-order chi connectivity index (χ1) is 32.5. The number of likely N-dealkylation sites (N-methyl/N-ethyl adjacent to an activating group) is 1. The topological polar surface area (TPSA) is 108 Å². The van der Waals surface area contributed by atoms with E-state index >= 15 is 0 Å². The third-order valence-corrected chi connectivity index (χ3v) is 12.4. The number of hydrogen-bond donors (Lipinski definition) is 1. The second kappa shape index (κ2) is 48.5. The molecule has 0 saturated heterocycles. The van der Waals surface area contributed by atoms with Gasteiger partial charge in [0.05, 0.1) is 27.7 Å². The molecule has 0 aliphatic carbocycles. The van der Waals surface area contributed by atoms with Gasteiger partial charge in [0.15, 0.2) is 6.10 Å². The van der Waals surface area contributed by atoms with Gasteiger partial charge in [0.25, 0.3) is 0 Å². The molecule has 0 aliphatic heterocycles. The number of nitrogens with zero attached hydrogens (tertiary/aromatic N) is 1. The fourth-order valence-corrected chi connectivity index (χ4v) is 8.02. The molecule has 0 aromatic rings. The number of hydrogen-bond acceptors (Lipinski definition) is 7. The predicted octanol–water partition coefficient (Wildman–Crippen LogP) is 16.5. The number of phosphoric ester groups is 1. The van der Waals surface area contributed by atoms with Crippen molar-refractivity contribution in [3.8, 4) is 0 Å². The van der Waals surface area contributed by atoms with Gasteiger partial charge in [-0.2, -0.15) is 0 Å². The fraction of sp³-hybridized carbons (Fsp3) is 0.754. The number of phosphoric acid groups is 1. The van der Waals surface area contributed by atoms with E-state index in [1.165, 1.54) is 103 Å². The van der Waals surface area contributed by atoms with Crippen LogP contribution in [0.4, 0.5) is 0 Å². The molecule has 0 aromatic heterocycles. The van der Waals surface area contributed by atoms with Crippen LogP contribution in [0, 0.1) is 0 Å². The predicted molar refractivity (Wildman–Crippen MR) is 284 cm³/mol. The number of rotatable bonds is 49. The lowest BCUT2D eigenvalue weighted by Gasteiger charge is -2.24. The zero-order chi connectivity index (χ0) is 49.2. The van der Waals surface area contributed by atoms with Crippen LogP contribution in [0.1, 0.15) is 226 Å². The van der Waals surface area contributed by atoms with Crippen LogP contribution in [0.2, 0.25) is 0 Å². The third kappa shape index (κ3) is 52.7. The second-order valence-electron chi connectivity index (χ2n) is 19.2. The molecule has 9 nitrogen and oxygen atoms in total. The van der Waals surface area contributed by atoms with Crippen molar-refractivity contribution in [3.63, 3.8) is 0 Å². The molecule has 67 heavy (non-hydrogen) atoms. The van der Waals surface area contributed by atoms with Crippen LogP contribution in [0.25, 0.3) is 0 Å². The first-order valence-corrected chi connectivity index (χ1v) is 28.7. The second-order valence-corrected chi connectivity index (χ2v) is 20.7. The molecule has 0 saturated carbocycles. The number of ether oxygens (including phenoxy) is 2. The molecule has 2 unspecified atom stereocenters. The van der Waals surface area contributed by atoms with Crippen LogP contribution in [-0.2, 0) is 32.7 Å². The Labute approximate surface area is 412 Å². The summed E-state index contributed by atoms with van der Waals surface area (Å²) < 4.78 is 34.4. The van der Waals surface area contributed by atoms with Gasteiger partial charge in [-0.3, -0.25) is 18.6 Å². The summed E-state index contributed by atoms with van der Waals surface area (Å²) in [5, 5.41) is 0. The highest BCUT2D eigenvalue weighted by Crippen LogP contribution is 2.43. The van der Waals surface area contributed by atoms with Gasteiger partial charge < -0.3 is 18.9 Å². The summed E-state index contributed by atoms with van der Waals surface area (Å²) in [4.78, 5) is 35.4. The van der Waals surface area contributed by atoms with E-state index in [0.717, 1.165) is 89.9 Å². The Morgan fingerprint density at radius 2 is 0.851 bits per heavy atom. The zero-order valence-electron chi connectivity index (χ0n) is 43.9. The molecule has 0 aliphatic rings. The monoisotopic (exact) mass is 961 g/mol. The lowest BCUT2D eigenvalue weighted by Crippen LogP contribution is -2.37. The van der Waals surface area contributed by atoms with Crippen LogP contribution >= 0.6 is 7.82 Å². The van der Waals surface area contributed by atoms with Gasteiger partial charge in [0.1, 0.15) is 19.8 Å². The molecule has 0 fully saturated rings. The first-order valence-electron chi connectivity index (χ1n) is 27.2. The van der Waals surface area contributed by atoms with E-state index in [-0.39, 0.29) is 32.0 Å². The van der Waals surface area contributed by atoms with Crippen molar-refractivity contribution in [3.05, 3.63) is 72.9 Å². The Balaban J connectivity index is 4.00. The van der Waals surface area contributed by atoms with Crippen LogP contribution < -0.4 is 0 Å². The lowest BCUT2D eigenvalue weighted by molar-refractivity contribution is -0.870. The molecule has 0 amide bonds. The fourth-order valence-electron chi connectivity index (χ4n) is 7.28. The van der Waals surface area contributed by atoms with Gasteiger partial charge >= 0.3 is 19.8 Å². The molecular formula is C57H103NO8P+. The molecule has 388 valence electrons. The maximum absolute atomic E-state index is 12.8. The van der Waals surface area contributed by atoms with Crippen molar-refractivity contribution in [1.29, 1.82) is 0 Å². The summed E-state index contributed by atoms with van der Waals surface area (Å²) in [6.45, 7) is 4.24. The normalized spacial score (nSPS) is 13.9. The van der Waals surface area contributed by atoms with Crippen LogP contribution in [0.3, 0.4) is 0 Å². The summed E-state index contributed by atoms with van der Waals surface area (Å²) in [6, 6.07) is 0. The standard InChI is InChI=1S/C57H102NO8P/c1-6-8-10-12-14-16-18-19-20-21-22-23-24-25-26-27-28-29-30-31-32-33-34-35-36-37-38-39-40-42-44-46-48-50-57(60)66-55(54-65-67(61,62)64-52-51-58(3,4)5)53-63-56(59)49-47-45-43-41-17-15-13-11-9-7-2/h8,10-11,13-14,16,19-20,22-23,25-26,55H,6-7,9,12,15,17-18,21,24,27-54H2,1-5H3/p+1/b10-8-,13-11-,16-14-,20-19-,23-22-,26-25-. The first kappa shape index (κ1) is 64.5. The molecular weight excluding hydrogens is 858 g/mol. The molecule has 10 heteroatoms. The Kier molecular flexibility index (Phi) is 46.6. The van der Waals surface area contributed by atoms with Gasteiger partial charge in [-0.25, -0.2) is 4.57 Å². The molecule has 0 aromatic carbocycles. The summed E-state index contributed by atoms with van der Waals surface area (Å²) in [6.07, 6.45) is 62.7. The Hall–Kier alpha value is -2.55.